The second-order valence-electron chi connectivity index (χ2n) is 10.4. The van der Waals surface area contributed by atoms with Crippen LogP contribution in [-0.2, 0) is 0 Å². The normalized spacial score (nSPS) is 13.0. The first-order valence-electron chi connectivity index (χ1n) is 14.3. The molecule has 0 aliphatic heterocycles. The topological polar surface area (TPSA) is 163 Å². The Morgan fingerprint density at radius 2 is 0.911 bits per heavy atom. The minimum atomic E-state index is -0.315. The molecular formula is C34H30N4O6S. The van der Waals surface area contributed by atoms with Gasteiger partial charge in [0.1, 0.15) is 11.5 Å². The first kappa shape index (κ1) is 29.8. The molecule has 4 aromatic rings. The average Bonchev–Trinajstić information content (AvgIpc) is 3.06. The molecule has 0 amide bonds. The number of nitrogens with one attached hydrogen (secondary N) is 2. The van der Waals surface area contributed by atoms with Crippen molar-refractivity contribution in [3.8, 4) is 11.5 Å². The molecule has 0 unspecified atom stereocenters. The third-order valence-corrected chi connectivity index (χ3v) is 8.82. The number of rotatable bonds is 10. The van der Waals surface area contributed by atoms with Crippen molar-refractivity contribution in [3.63, 3.8) is 0 Å². The van der Waals surface area contributed by atoms with Gasteiger partial charge >= 0.3 is 0 Å². The predicted octanol–water partition coefficient (Wildman–Crippen LogP) is 4.68. The summed E-state index contributed by atoms with van der Waals surface area (Å²) in [6.07, 6.45) is 0. The quantitative estimate of drug-likeness (QED) is 0.124. The Morgan fingerprint density at radius 3 is 1.24 bits per heavy atom. The molecular weight excluding hydrogens is 592 g/mol. The number of ketones is 4. The van der Waals surface area contributed by atoms with Gasteiger partial charge in [0.25, 0.3) is 0 Å². The number of carbonyl (C=O) groups excluding carboxylic acids is 4. The van der Waals surface area contributed by atoms with E-state index in [0.29, 0.717) is 56.6 Å². The fourth-order valence-corrected chi connectivity index (χ4v) is 6.35. The minimum Gasteiger partial charge on any atom is -0.490 e. The number of hydrogen-bond acceptors (Lipinski definition) is 11. The fraction of sp³-hybridized carbons (Fsp3) is 0.176. The maximum Gasteiger partial charge on any atom is 0.196 e. The number of nitrogens with two attached hydrogens (primary N) is 2. The zero-order valence-corrected chi connectivity index (χ0v) is 25.4. The van der Waals surface area contributed by atoms with Crippen LogP contribution in [0.5, 0.6) is 11.5 Å². The highest BCUT2D eigenvalue weighted by Crippen LogP contribution is 2.42. The number of benzene rings is 4. The van der Waals surface area contributed by atoms with Gasteiger partial charge in [-0.1, -0.05) is 48.5 Å². The SMILES string of the molecule is CNc1cc(OCCSCCOc2cc(NC)c3c(c2N)C(=O)c2ccccc2C3=O)c(N)c2c1C(=O)c1ccccc1C2=O. The lowest BCUT2D eigenvalue weighted by Crippen LogP contribution is -2.24. The first-order chi connectivity index (χ1) is 21.8. The Labute approximate surface area is 263 Å². The van der Waals surface area contributed by atoms with E-state index in [2.05, 4.69) is 10.6 Å². The Balaban J connectivity index is 1.09. The maximum absolute atomic E-state index is 13.3. The molecule has 0 atom stereocenters. The van der Waals surface area contributed by atoms with Gasteiger partial charge in [-0.3, -0.25) is 19.2 Å². The lowest BCUT2D eigenvalue weighted by Gasteiger charge is -2.23. The molecule has 0 radical (unpaired) electrons. The summed E-state index contributed by atoms with van der Waals surface area (Å²) in [5.74, 6) is 0.635. The number of hydrogen-bond donors (Lipinski definition) is 4. The molecule has 6 rings (SSSR count). The molecule has 228 valence electrons. The van der Waals surface area contributed by atoms with E-state index >= 15 is 0 Å². The highest BCUT2D eigenvalue weighted by Gasteiger charge is 2.36. The highest BCUT2D eigenvalue weighted by molar-refractivity contribution is 7.99. The summed E-state index contributed by atoms with van der Waals surface area (Å²) in [5, 5.41) is 5.99. The first-order valence-corrected chi connectivity index (χ1v) is 15.4. The smallest absolute Gasteiger partial charge is 0.196 e. The van der Waals surface area contributed by atoms with Gasteiger partial charge < -0.3 is 31.6 Å². The summed E-state index contributed by atoms with van der Waals surface area (Å²) in [6.45, 7) is 0.576. The number of nitrogen functional groups attached to an aromatic ring is 2. The number of fused-ring (bicyclic) bond motifs is 4. The Kier molecular flexibility index (Phi) is 7.94. The van der Waals surface area contributed by atoms with E-state index < -0.39 is 0 Å². The van der Waals surface area contributed by atoms with Gasteiger partial charge in [-0.05, 0) is 0 Å². The van der Waals surface area contributed by atoms with Crippen LogP contribution in [-0.4, -0.2) is 61.9 Å². The summed E-state index contributed by atoms with van der Waals surface area (Å²) in [5.41, 5.74) is 16.1. The molecule has 0 heterocycles. The molecule has 45 heavy (non-hydrogen) atoms. The highest BCUT2D eigenvalue weighted by atomic mass is 32.2. The maximum atomic E-state index is 13.3. The Hall–Kier alpha value is -5.29. The fourth-order valence-electron chi connectivity index (χ4n) is 5.74. The molecule has 2 aliphatic rings. The third-order valence-electron chi connectivity index (χ3n) is 7.91. The minimum absolute atomic E-state index is 0.129. The number of anilines is 4. The van der Waals surface area contributed by atoms with Gasteiger partial charge in [0.2, 0.25) is 0 Å². The standard InChI is InChI=1S/C34H30N4O6S/c1-37-21-15-23(29(35)27-25(21)31(39)17-7-3-5-9-19(17)33(27)41)43-11-13-45-14-12-44-24-16-22(38-2)26-28(30(24)36)34(42)20-10-6-4-8-18(20)32(26)40/h3-10,15-16,37-38H,11-14,35-36H2,1-2H3. The molecule has 0 spiro atoms. The van der Waals surface area contributed by atoms with Crippen molar-refractivity contribution in [3.05, 3.63) is 105 Å². The van der Waals surface area contributed by atoms with Crippen LogP contribution in [0.1, 0.15) is 63.7 Å². The van der Waals surface area contributed by atoms with Gasteiger partial charge in [0, 0.05) is 71.4 Å². The summed E-state index contributed by atoms with van der Waals surface area (Å²) < 4.78 is 11.9. The number of carbonyl (C=O) groups is 4. The molecule has 0 aromatic heterocycles. The van der Waals surface area contributed by atoms with Crippen LogP contribution in [0.4, 0.5) is 22.7 Å². The largest absolute Gasteiger partial charge is 0.490 e. The lowest BCUT2D eigenvalue weighted by atomic mass is 9.82. The van der Waals surface area contributed by atoms with E-state index in [4.69, 9.17) is 20.9 Å². The molecule has 11 heteroatoms. The van der Waals surface area contributed by atoms with E-state index in [9.17, 15) is 19.2 Å². The molecule has 10 nitrogen and oxygen atoms in total. The molecule has 2 aliphatic carbocycles. The molecule has 4 aromatic carbocycles. The lowest BCUT2D eigenvalue weighted by molar-refractivity contribution is 0.0980. The molecule has 0 saturated carbocycles. The van der Waals surface area contributed by atoms with Crippen molar-refractivity contribution >= 4 is 57.6 Å². The summed E-state index contributed by atoms with van der Waals surface area (Å²) >= 11 is 1.56. The average molecular weight is 623 g/mol. The molecule has 0 bridgehead atoms. The van der Waals surface area contributed by atoms with Crippen LogP contribution >= 0.6 is 11.8 Å². The van der Waals surface area contributed by atoms with Gasteiger partial charge in [-0.25, -0.2) is 0 Å². The van der Waals surface area contributed by atoms with Crippen molar-refractivity contribution in [2.75, 3.05) is 60.9 Å². The molecule has 0 fully saturated rings. The van der Waals surface area contributed by atoms with Crippen molar-refractivity contribution in [1.82, 2.24) is 0 Å². The molecule has 0 saturated heterocycles. The van der Waals surface area contributed by atoms with Crippen molar-refractivity contribution in [2.24, 2.45) is 0 Å². The van der Waals surface area contributed by atoms with Gasteiger partial charge in [0.15, 0.2) is 23.1 Å². The van der Waals surface area contributed by atoms with E-state index in [1.165, 1.54) is 0 Å². The van der Waals surface area contributed by atoms with Gasteiger partial charge in [-0.2, -0.15) is 11.8 Å². The number of ether oxygens (including phenoxy) is 2. The van der Waals surface area contributed by atoms with Crippen molar-refractivity contribution < 1.29 is 28.7 Å². The van der Waals surface area contributed by atoms with Gasteiger partial charge in [-0.15, -0.1) is 0 Å². The third kappa shape index (κ3) is 4.95. The zero-order chi connectivity index (χ0) is 31.8. The second-order valence-corrected chi connectivity index (χ2v) is 11.6. The summed E-state index contributed by atoms with van der Waals surface area (Å²) in [7, 11) is 3.34. The van der Waals surface area contributed by atoms with Crippen LogP contribution in [0.2, 0.25) is 0 Å². The number of thioether (sulfide) groups is 1. The van der Waals surface area contributed by atoms with Crippen molar-refractivity contribution in [2.45, 2.75) is 0 Å². The summed E-state index contributed by atoms with van der Waals surface area (Å²) in [6, 6.07) is 16.7. The van der Waals surface area contributed by atoms with Crippen LogP contribution in [0.15, 0.2) is 60.7 Å². The Morgan fingerprint density at radius 1 is 0.578 bits per heavy atom. The Bertz CT molecular complexity index is 1780. The predicted molar refractivity (Wildman–Crippen MR) is 176 cm³/mol. The van der Waals surface area contributed by atoms with Crippen LogP contribution < -0.4 is 31.6 Å². The zero-order valence-electron chi connectivity index (χ0n) is 24.6. The van der Waals surface area contributed by atoms with Crippen molar-refractivity contribution in [1.29, 1.82) is 0 Å². The molecule has 6 N–H and O–H groups in total. The van der Waals surface area contributed by atoms with Gasteiger partial charge in [0.05, 0.1) is 46.8 Å². The summed E-state index contributed by atoms with van der Waals surface area (Å²) in [4.78, 5) is 53.1. The van der Waals surface area contributed by atoms with E-state index in [1.807, 2.05) is 0 Å². The second kappa shape index (κ2) is 12.0. The van der Waals surface area contributed by atoms with Crippen LogP contribution in [0.3, 0.4) is 0 Å². The van der Waals surface area contributed by atoms with E-state index in [1.54, 1.807) is 86.5 Å². The van der Waals surface area contributed by atoms with E-state index in [0.717, 1.165) is 0 Å². The van der Waals surface area contributed by atoms with E-state index in [-0.39, 0.29) is 70.0 Å². The van der Waals surface area contributed by atoms with Crippen LogP contribution in [0.25, 0.3) is 0 Å². The monoisotopic (exact) mass is 622 g/mol. The van der Waals surface area contributed by atoms with Crippen LogP contribution in [0, 0.1) is 0 Å².